The van der Waals surface area contributed by atoms with Gasteiger partial charge in [-0.1, -0.05) is 115 Å². The van der Waals surface area contributed by atoms with Crippen molar-refractivity contribution in [2.75, 3.05) is 0 Å². The van der Waals surface area contributed by atoms with Gasteiger partial charge in [-0.2, -0.15) is 0 Å². The first-order valence-electron chi connectivity index (χ1n) is 13.5. The Morgan fingerprint density at radius 1 is 0.405 bits per heavy atom. The van der Waals surface area contributed by atoms with Crippen LogP contribution in [0.15, 0.2) is 133 Å². The molecule has 0 aromatic heterocycles. The van der Waals surface area contributed by atoms with Crippen molar-refractivity contribution in [2.45, 2.75) is 0 Å². The zero-order chi connectivity index (χ0) is 26.1. The minimum absolute atomic E-state index is 0.471. The van der Waals surface area contributed by atoms with Gasteiger partial charge in [-0.05, 0) is 72.9 Å². The molecule has 7 aromatic carbocycles. The average Bonchev–Trinajstić information content (AvgIpc) is 2.98. The summed E-state index contributed by atoms with van der Waals surface area (Å²) in [4.78, 5) is 0. The van der Waals surface area contributed by atoms with E-state index in [-0.39, 0.29) is 0 Å². The molecule has 0 saturated carbocycles. The van der Waals surface area contributed by atoms with Gasteiger partial charge in [0.25, 0.3) is 0 Å². The van der Waals surface area contributed by atoms with Crippen LogP contribution in [0.2, 0.25) is 0 Å². The van der Waals surface area contributed by atoms with Crippen molar-refractivity contribution >= 4 is 32.3 Å². The molecule has 0 unspecified atom stereocenters. The first-order valence-corrected chi connectivity index (χ1v) is 12.5. The summed E-state index contributed by atoms with van der Waals surface area (Å²) in [6, 6.07) is 41.7. The molecule has 1 heteroatoms. The van der Waals surface area contributed by atoms with E-state index in [1.165, 1.54) is 0 Å². The highest BCUT2D eigenvalue weighted by molar-refractivity contribution is 6.24. The van der Waals surface area contributed by atoms with E-state index in [1.54, 1.807) is 0 Å². The van der Waals surface area contributed by atoms with E-state index in [9.17, 15) is 0 Å². The summed E-state index contributed by atoms with van der Waals surface area (Å²) in [6.45, 7) is 0. The zero-order valence-electron chi connectivity index (χ0n) is 22.0. The molecule has 0 radical (unpaired) electrons. The van der Waals surface area contributed by atoms with Gasteiger partial charge in [0.1, 0.15) is 11.5 Å². The molecular weight excluding hydrogens is 448 g/mol. The summed E-state index contributed by atoms with van der Waals surface area (Å²) < 4.78 is 24.5. The molecule has 37 heavy (non-hydrogen) atoms. The molecule has 172 valence electrons. The normalized spacial score (nSPS) is 12.8. The number of benzene rings is 7. The highest BCUT2D eigenvalue weighted by atomic mass is 16.5. The molecule has 0 N–H and O–H groups in total. The van der Waals surface area contributed by atoms with Crippen molar-refractivity contribution in [1.82, 2.24) is 0 Å². The monoisotopic (exact) mass is 472 g/mol. The quantitative estimate of drug-likeness (QED) is 0.227. The topological polar surface area (TPSA) is 9.23 Å². The second-order valence-electron chi connectivity index (χ2n) is 9.47. The third-order valence-electron chi connectivity index (χ3n) is 7.48. The zero-order valence-corrected chi connectivity index (χ0v) is 20.0. The Bertz CT molecular complexity index is 2110. The number of ether oxygens (including phenoxy) is 1. The van der Waals surface area contributed by atoms with E-state index in [4.69, 9.17) is 7.48 Å². The van der Waals surface area contributed by atoms with Crippen LogP contribution in [0.4, 0.5) is 0 Å². The van der Waals surface area contributed by atoms with Crippen molar-refractivity contribution < 1.29 is 7.48 Å². The van der Waals surface area contributed by atoms with Crippen molar-refractivity contribution in [2.24, 2.45) is 0 Å². The molecule has 1 heterocycles. The second-order valence-corrected chi connectivity index (χ2v) is 9.47. The summed E-state index contributed by atoms with van der Waals surface area (Å²) in [6.07, 6.45) is 0. The summed E-state index contributed by atoms with van der Waals surface area (Å²) in [5.41, 5.74) is 6.31. The Morgan fingerprint density at radius 2 is 1.05 bits per heavy atom. The number of hydrogen-bond acceptors (Lipinski definition) is 1. The number of fused-ring (bicyclic) bond motifs is 4. The van der Waals surface area contributed by atoms with Crippen molar-refractivity contribution in [3.05, 3.63) is 133 Å². The first kappa shape index (κ1) is 18.4. The molecule has 0 fully saturated rings. The van der Waals surface area contributed by atoms with Gasteiger partial charge < -0.3 is 4.74 Å². The predicted molar refractivity (Wildman–Crippen MR) is 155 cm³/mol. The lowest BCUT2D eigenvalue weighted by molar-refractivity contribution is 0.487. The highest BCUT2D eigenvalue weighted by Gasteiger charge is 2.23. The molecule has 1 aliphatic rings. The number of para-hydroxylation sites is 1. The summed E-state index contributed by atoms with van der Waals surface area (Å²) in [7, 11) is 0. The Labute approximate surface area is 218 Å². The van der Waals surface area contributed by atoms with Crippen LogP contribution in [0.3, 0.4) is 0 Å². The molecule has 1 aliphatic heterocycles. The van der Waals surface area contributed by atoms with Crippen molar-refractivity contribution in [3.8, 4) is 44.9 Å². The molecule has 0 amide bonds. The molecule has 0 atom stereocenters. The van der Waals surface area contributed by atoms with Crippen LogP contribution in [0.1, 0.15) is 2.74 Å². The van der Waals surface area contributed by atoms with Gasteiger partial charge >= 0.3 is 0 Å². The van der Waals surface area contributed by atoms with Crippen molar-refractivity contribution in [3.63, 3.8) is 0 Å². The summed E-state index contributed by atoms with van der Waals surface area (Å²) in [5.74, 6) is 1.70. The van der Waals surface area contributed by atoms with Gasteiger partial charge in [0.2, 0.25) is 0 Å². The smallest absolute Gasteiger partial charge is 0.135 e. The fourth-order valence-electron chi connectivity index (χ4n) is 5.96. The molecule has 0 aliphatic carbocycles. The fourth-order valence-corrected chi connectivity index (χ4v) is 5.96. The average molecular weight is 473 g/mol. The van der Waals surface area contributed by atoms with Gasteiger partial charge in [-0.3, -0.25) is 0 Å². The maximum absolute atomic E-state index is 9.11. The predicted octanol–water partition coefficient (Wildman–Crippen LogP) is 10.3. The molecule has 1 nitrogen and oxygen atoms in total. The van der Waals surface area contributed by atoms with E-state index < -0.39 is 0 Å². The minimum Gasteiger partial charge on any atom is -0.456 e. The Hall–Kier alpha value is -4.88. The largest absolute Gasteiger partial charge is 0.456 e. The van der Waals surface area contributed by atoms with E-state index in [0.717, 1.165) is 77.2 Å². The maximum atomic E-state index is 9.11. The lowest BCUT2D eigenvalue weighted by Gasteiger charge is -2.24. The van der Waals surface area contributed by atoms with Gasteiger partial charge in [-0.25, -0.2) is 0 Å². The van der Waals surface area contributed by atoms with E-state index in [2.05, 4.69) is 60.7 Å². The van der Waals surface area contributed by atoms with Crippen LogP contribution in [-0.2, 0) is 0 Å². The van der Waals surface area contributed by atoms with Crippen LogP contribution < -0.4 is 4.74 Å². The molecule has 7 aromatic rings. The Kier molecular flexibility index (Phi) is 3.88. The lowest BCUT2D eigenvalue weighted by atomic mass is 9.83. The van der Waals surface area contributed by atoms with E-state index >= 15 is 0 Å². The second kappa shape index (κ2) is 7.81. The summed E-state index contributed by atoms with van der Waals surface area (Å²) in [5, 5.41) is 5.91. The molecule has 0 bridgehead atoms. The molecule has 0 spiro atoms. The summed E-state index contributed by atoms with van der Waals surface area (Å²) >= 11 is 0. The number of rotatable bonds is 2. The van der Waals surface area contributed by atoms with Crippen LogP contribution >= 0.6 is 0 Å². The maximum Gasteiger partial charge on any atom is 0.135 e. The van der Waals surface area contributed by atoms with Gasteiger partial charge in [-0.15, -0.1) is 0 Å². The van der Waals surface area contributed by atoms with Crippen molar-refractivity contribution in [1.29, 1.82) is 0 Å². The Balaban J connectivity index is 1.57. The Morgan fingerprint density at radius 3 is 1.89 bits per heavy atom. The van der Waals surface area contributed by atoms with Crippen LogP contribution in [0, 0.1) is 0 Å². The SMILES string of the molecule is [2H]c1cccc2c(-c3ccc4c5c(cccc35)-c3ccccc3O4)c3c([2H])cccc3c(-c3ccccc3)c12. The van der Waals surface area contributed by atoms with Gasteiger partial charge in [0.05, 0.1) is 2.74 Å². The molecule has 8 rings (SSSR count). The fraction of sp³-hybridized carbons (Fsp3) is 0. The third kappa shape index (κ3) is 2.92. The molecule has 0 saturated heterocycles. The third-order valence-corrected chi connectivity index (χ3v) is 7.48. The standard InChI is InChI=1S/C36H22O/c1-2-11-23(12-3-1)34-26-14-4-6-16-28(26)35(29-17-7-5-15-27(29)34)31-21-22-33-36-25(18-10-19-30(31)36)24-13-8-9-20-32(24)37-33/h1-22H/i14D,17D. The molecular formula is C36H22O. The highest BCUT2D eigenvalue weighted by Crippen LogP contribution is 2.51. The minimum atomic E-state index is 0.471. The first-order chi connectivity index (χ1) is 19.2. The van der Waals surface area contributed by atoms with E-state index in [1.807, 2.05) is 60.7 Å². The van der Waals surface area contributed by atoms with Crippen LogP contribution in [-0.4, -0.2) is 0 Å². The van der Waals surface area contributed by atoms with E-state index in [0.29, 0.717) is 12.1 Å². The van der Waals surface area contributed by atoms with Gasteiger partial charge in [0, 0.05) is 10.9 Å². The number of hydrogen-bond donors (Lipinski definition) is 0. The van der Waals surface area contributed by atoms with Crippen LogP contribution in [0.5, 0.6) is 11.5 Å². The lowest BCUT2D eigenvalue weighted by Crippen LogP contribution is -1.98. The van der Waals surface area contributed by atoms with Gasteiger partial charge in [0.15, 0.2) is 0 Å². The van der Waals surface area contributed by atoms with Crippen LogP contribution in [0.25, 0.3) is 65.7 Å².